The van der Waals surface area contributed by atoms with Crippen LogP contribution in [0.3, 0.4) is 0 Å². The zero-order chi connectivity index (χ0) is 94.4. The minimum Gasteiger partial charge on any atom is -0.748 e. The molecule has 9 aromatic carbocycles. The Morgan fingerprint density at radius 1 is 0.379 bits per heavy atom. The Bertz CT molecular complexity index is 5190. The molecule has 9 rings (SSSR count). The van der Waals surface area contributed by atoms with Gasteiger partial charge < -0.3 is 41.3 Å². The fourth-order valence-corrected chi connectivity index (χ4v) is 14.4. The normalized spacial score (nSPS) is 12.7. The van der Waals surface area contributed by atoms with Gasteiger partial charge >= 0.3 is 26.5 Å². The molecule has 0 aromatic heterocycles. The molecule has 0 heterocycles. The van der Waals surface area contributed by atoms with Crippen molar-refractivity contribution in [1.82, 2.24) is 0 Å². The molecule has 0 saturated heterocycles. The number of hydrogen-bond acceptors (Lipinski definition) is 19. The van der Waals surface area contributed by atoms with Crippen LogP contribution in [0, 0.1) is 37.5 Å². The van der Waals surface area contributed by atoms with Crippen LogP contribution in [0.25, 0.3) is 0 Å². The van der Waals surface area contributed by atoms with Gasteiger partial charge in [-0.25, -0.2) is 42.5 Å². The van der Waals surface area contributed by atoms with Gasteiger partial charge in [-0.05, 0) is 204 Å². The van der Waals surface area contributed by atoms with Crippen LogP contribution >= 0.6 is 0 Å². The molecule has 4 unspecified atom stereocenters. The second kappa shape index (κ2) is 53.7. The molecule has 4 atom stereocenters. The Labute approximate surface area is 776 Å². The lowest BCUT2D eigenvalue weighted by Gasteiger charge is -2.32. The van der Waals surface area contributed by atoms with Crippen LogP contribution < -0.4 is 113 Å². The number of halogens is 14. The van der Waals surface area contributed by atoms with Gasteiger partial charge in [-0.15, -0.1) is 0 Å². The fourth-order valence-electron chi connectivity index (χ4n) is 9.65. The second-order valence-electron chi connectivity index (χ2n) is 28.3. The van der Waals surface area contributed by atoms with Gasteiger partial charge in [0.15, 0.2) is 41.8 Å². The molecular weight excluding hydrogens is 2190 g/mol. The number of hydrogen-bond donors (Lipinski definition) is 0. The first kappa shape index (κ1) is 114. The lowest BCUT2D eigenvalue weighted by atomic mass is 9.87. The van der Waals surface area contributed by atoms with Crippen molar-refractivity contribution in [2.24, 2.45) is 0 Å². The topological polar surface area (TPSA) is 309 Å². The highest BCUT2D eigenvalue weighted by molar-refractivity contribution is 7.89. The van der Waals surface area contributed by atoms with E-state index in [9.17, 15) is 104 Å². The van der Waals surface area contributed by atoms with Gasteiger partial charge in [0.25, 0.3) is 90.4 Å². The monoisotopic (exact) mass is 2300 g/mol. The third-order valence-electron chi connectivity index (χ3n) is 17.9. The van der Waals surface area contributed by atoms with E-state index >= 15 is 0 Å². The molecule has 0 spiro atoms. The number of methoxy groups -OCH3 is 1. The number of rotatable bonds is 30. The van der Waals surface area contributed by atoms with Gasteiger partial charge in [0, 0.05) is 11.5 Å². The summed E-state index contributed by atoms with van der Waals surface area (Å²) in [4.78, 5) is -2.21. The van der Waals surface area contributed by atoms with Crippen molar-refractivity contribution in [1.29, 1.82) is 0 Å². The van der Waals surface area contributed by atoms with E-state index in [1.807, 2.05) is 220 Å². The fraction of sp³-hybridized carbons (Fsp3) is 0.372. The molecule has 0 aliphatic carbocycles. The Balaban J connectivity index is 0.000000500. The minimum absolute atomic E-state index is 0.0256. The van der Waals surface area contributed by atoms with Crippen molar-refractivity contribution < 1.29 is 218 Å². The highest BCUT2D eigenvalue weighted by Gasteiger charge is 2.81. The summed E-state index contributed by atoms with van der Waals surface area (Å²) in [7, 11) is -26.4. The van der Waals surface area contributed by atoms with E-state index in [1.54, 1.807) is 38.3 Å². The maximum absolute atomic E-state index is 13.8. The third kappa shape index (κ3) is 40.2. The van der Waals surface area contributed by atoms with Gasteiger partial charge in [0.2, 0.25) is 11.6 Å². The second-order valence-corrected chi connectivity index (χ2v) is 41.1. The SMILES string of the molecule is CC(C)(C)c1ccc([IH+])cc1.CCC(C)c1ccc(COc2c(F)c(F)c(S(=O)(=O)[O-])c(F)c2F)cc1.CCC(C)c1ccc(OCCCCS(=O)(=O)[O-])cc1.CCC(C)c1ccc(OCCCS(=O)(=O)[O-])cc1.CCC(C)c1ccc(OS(=O)(=O)C(F)(F)C(F)(F)C(F)(F)S(=O)(=O)[O-])cc1.COc1ccc([IH+])cc1.[IH+]c1ccccc1.[IH+]c1ccccc1. The average molecular weight is 2300 g/mol. The highest BCUT2D eigenvalue weighted by Crippen LogP contribution is 2.51. The van der Waals surface area contributed by atoms with Crippen LogP contribution in [-0.2, 0) is 62.6 Å². The quantitative estimate of drug-likeness (QED) is 0.0111. The van der Waals surface area contributed by atoms with Gasteiger partial charge in [-0.1, -0.05) is 185 Å². The van der Waals surface area contributed by atoms with Crippen molar-refractivity contribution in [2.45, 2.75) is 178 Å². The first-order valence-electron chi connectivity index (χ1n) is 38.0. The zero-order valence-electron chi connectivity index (χ0n) is 69.6. The molecular formula is C86H102F10I4O19S5. The smallest absolute Gasteiger partial charge is 0.450 e. The molecule has 124 heavy (non-hydrogen) atoms. The van der Waals surface area contributed by atoms with Crippen molar-refractivity contribution in [3.63, 3.8) is 0 Å². The van der Waals surface area contributed by atoms with Gasteiger partial charge in [-0.3, -0.25) is 0 Å². The predicted molar refractivity (Wildman–Crippen MR) is 439 cm³/mol. The van der Waals surface area contributed by atoms with Crippen molar-refractivity contribution >= 4 is 50.6 Å². The Morgan fingerprint density at radius 2 is 0.694 bits per heavy atom. The van der Waals surface area contributed by atoms with Crippen molar-refractivity contribution in [3.05, 3.63) is 277 Å². The Hall–Kier alpha value is -6.21. The molecule has 0 aliphatic heterocycles. The average Bonchev–Trinajstić information content (AvgIpc) is 0.722. The lowest BCUT2D eigenvalue weighted by molar-refractivity contribution is -0.328. The number of unbranched alkanes of at least 4 members (excludes halogenated alkanes) is 1. The first-order valence-corrected chi connectivity index (χ1v) is 50.0. The number of alkyl halides is 6. The summed E-state index contributed by atoms with van der Waals surface area (Å²) in [5.74, 6) is -15.2. The molecule has 0 amide bonds. The summed E-state index contributed by atoms with van der Waals surface area (Å²) in [5, 5.41) is -13.7. The standard InChI is InChI=1S/C17H16F4O4S.C14H22O4S.C13H14F6O6S2.C13H20O4S.C10H14I.C7H8IO.2C6H6I/c1-3-9(2)11-6-4-10(5-7-11)8-25-16-12(18)14(20)17(26(22,23)24)15(21)13(16)19;1-3-12(2)13-6-8-14(9-7-13)18-10-4-5-11-19(15,16)17;1-3-8(2)9-4-6-10(7-5-9)25-27(23,24)13(18,19)11(14,15)12(16,17)26(20,21)22;1-3-11(2)12-5-7-13(8-6-12)17-9-4-10-18(14,15)16;1-10(2,3)8-4-6-9(11)7-5-8;1-9-7-4-2-6(8)3-5-7;2*7-6-4-2-1-3-5-6/h4-7,9H,3,8H2,1-2H3,(H,22,23,24);6-9,12H,3-5,10-11H2,1-2H3,(H,15,16,17);4-8H,3H2,1-2H3,(H,20,21,22);5-8,11H,3-4,9-10H2,1-2H3,(H,14,15,16);4-7,11H,1-3H3;2-5,8H,1H3;2*1-5,7H/q;;;;4*+1/p-4. The summed E-state index contributed by atoms with van der Waals surface area (Å²) in [6, 6.07) is 63.9. The van der Waals surface area contributed by atoms with Gasteiger partial charge in [0.1, 0.15) is 44.6 Å². The third-order valence-corrected chi connectivity index (χ3v) is 25.6. The molecule has 688 valence electrons. The summed E-state index contributed by atoms with van der Waals surface area (Å²) < 4.78 is 313. The summed E-state index contributed by atoms with van der Waals surface area (Å²) in [6.07, 6.45) is 4.89. The van der Waals surface area contributed by atoms with E-state index in [1.165, 1.54) is 43.1 Å². The van der Waals surface area contributed by atoms with Gasteiger partial charge in [0.05, 0.1) is 40.6 Å². The molecule has 0 fully saturated rings. The van der Waals surface area contributed by atoms with Crippen molar-refractivity contribution in [3.8, 4) is 28.7 Å². The zero-order valence-corrected chi connectivity index (χ0v) is 83.0. The Morgan fingerprint density at radius 3 is 1.00 bits per heavy atom. The number of benzene rings is 9. The molecule has 9 aromatic rings. The lowest BCUT2D eigenvalue weighted by Crippen LogP contribution is -3.34. The van der Waals surface area contributed by atoms with Crippen LogP contribution in [0.4, 0.5) is 43.9 Å². The molecule has 38 heteroatoms. The van der Waals surface area contributed by atoms with Crippen LogP contribution in [-0.4, -0.2) is 109 Å². The van der Waals surface area contributed by atoms with E-state index in [2.05, 4.69) is 101 Å². The van der Waals surface area contributed by atoms with Crippen LogP contribution in [0.1, 0.15) is 178 Å². The molecule has 0 bridgehead atoms. The molecule has 0 aliphatic rings. The predicted octanol–water partition coefficient (Wildman–Crippen LogP) is 6.81. The van der Waals surface area contributed by atoms with E-state index in [4.69, 9.17) is 18.9 Å². The molecule has 0 N–H and O–H groups in total. The highest BCUT2D eigenvalue weighted by atomic mass is 127. The number of ether oxygens (including phenoxy) is 4. The largest absolute Gasteiger partial charge is 0.748 e. The van der Waals surface area contributed by atoms with E-state index in [-0.39, 0.29) is 35.9 Å². The molecule has 19 nitrogen and oxygen atoms in total. The van der Waals surface area contributed by atoms with Crippen LogP contribution in [0.5, 0.6) is 28.7 Å². The van der Waals surface area contributed by atoms with Crippen LogP contribution in [0.2, 0.25) is 0 Å². The molecule has 0 saturated carbocycles. The van der Waals surface area contributed by atoms with E-state index in [0.29, 0.717) is 60.5 Å². The van der Waals surface area contributed by atoms with E-state index < -0.39 is 113 Å². The van der Waals surface area contributed by atoms with Gasteiger partial charge in [-0.2, -0.15) is 43.5 Å². The van der Waals surface area contributed by atoms with E-state index in [0.717, 1.165) is 48.5 Å². The first-order chi connectivity index (χ1) is 57.4. The van der Waals surface area contributed by atoms with Crippen molar-refractivity contribution in [2.75, 3.05) is 31.8 Å². The minimum atomic E-state index is -7.33. The maximum atomic E-state index is 13.8. The summed E-state index contributed by atoms with van der Waals surface area (Å²) >= 11 is 8.07. The van der Waals surface area contributed by atoms with Crippen LogP contribution in [0.15, 0.2) is 211 Å². The molecule has 0 radical (unpaired) electrons. The summed E-state index contributed by atoms with van der Waals surface area (Å²) in [5.41, 5.74) is 6.36. The summed E-state index contributed by atoms with van der Waals surface area (Å²) in [6.45, 7) is 23.2. The maximum Gasteiger partial charge on any atom is 0.450 e. The Kier molecular flexibility index (Phi) is 49.3.